The fourth-order valence-electron chi connectivity index (χ4n) is 1.21. The van der Waals surface area contributed by atoms with Gasteiger partial charge in [0, 0.05) is 19.2 Å². The van der Waals surface area contributed by atoms with E-state index < -0.39 is 10.9 Å². The highest BCUT2D eigenvalue weighted by Gasteiger charge is 2.08. The number of methoxy groups -OCH3 is 1. The molecule has 0 saturated carbocycles. The van der Waals surface area contributed by atoms with Crippen LogP contribution < -0.4 is 0 Å². The number of hydrogen-bond donors (Lipinski definition) is 1. The molecule has 0 radical (unpaired) electrons. The summed E-state index contributed by atoms with van der Waals surface area (Å²) in [5.74, 6) is -1.08. The summed E-state index contributed by atoms with van der Waals surface area (Å²) in [6, 6.07) is 5.60. The van der Waals surface area contributed by atoms with Crippen LogP contribution in [0.2, 0.25) is 0 Å². The van der Waals surface area contributed by atoms with Crippen LogP contribution in [-0.2, 0) is 9.53 Å². The number of aliphatic carboxylic acids is 1. The standard InChI is InChI=1S/C11H11NO5/c1-17-7-9(11(13)14)6-8-2-4-10(5-3-8)12(15)16/h2-6H,7H2,1H3,(H,13,14)/b9-6+. The zero-order valence-corrected chi connectivity index (χ0v) is 9.12. The van der Waals surface area contributed by atoms with Crippen molar-refractivity contribution in [2.24, 2.45) is 0 Å². The summed E-state index contributed by atoms with van der Waals surface area (Å²) < 4.78 is 4.74. The Hall–Kier alpha value is -2.21. The van der Waals surface area contributed by atoms with Crippen LogP contribution in [0, 0.1) is 10.1 Å². The third-order valence-electron chi connectivity index (χ3n) is 2.02. The van der Waals surface area contributed by atoms with Crippen LogP contribution in [0.4, 0.5) is 5.69 Å². The average Bonchev–Trinajstić information content (AvgIpc) is 2.29. The largest absolute Gasteiger partial charge is 0.478 e. The number of carboxylic acid groups (broad SMARTS) is 1. The molecule has 90 valence electrons. The molecule has 0 fully saturated rings. The number of nitrogens with zero attached hydrogens (tertiary/aromatic N) is 1. The van der Waals surface area contributed by atoms with Gasteiger partial charge >= 0.3 is 5.97 Å². The van der Waals surface area contributed by atoms with Gasteiger partial charge in [-0.05, 0) is 23.8 Å². The molecule has 1 rings (SSSR count). The molecule has 0 aliphatic rings. The van der Waals surface area contributed by atoms with Gasteiger partial charge in [-0.15, -0.1) is 0 Å². The number of nitro benzene ring substituents is 1. The van der Waals surface area contributed by atoms with E-state index in [9.17, 15) is 14.9 Å². The van der Waals surface area contributed by atoms with Crippen molar-refractivity contribution < 1.29 is 19.6 Å². The molecule has 1 aromatic rings. The molecule has 0 unspecified atom stereocenters. The van der Waals surface area contributed by atoms with Crippen LogP contribution in [0.25, 0.3) is 6.08 Å². The van der Waals surface area contributed by atoms with Crippen LogP contribution in [0.1, 0.15) is 5.56 Å². The number of non-ortho nitro benzene ring substituents is 1. The van der Waals surface area contributed by atoms with Crippen LogP contribution in [0.3, 0.4) is 0 Å². The summed E-state index contributed by atoms with van der Waals surface area (Å²) >= 11 is 0. The van der Waals surface area contributed by atoms with Crippen LogP contribution in [0.5, 0.6) is 0 Å². The smallest absolute Gasteiger partial charge is 0.333 e. The highest BCUT2D eigenvalue weighted by atomic mass is 16.6. The molecule has 0 aliphatic heterocycles. The molecule has 6 nitrogen and oxygen atoms in total. The lowest BCUT2D eigenvalue weighted by molar-refractivity contribution is -0.384. The number of hydrogen-bond acceptors (Lipinski definition) is 4. The summed E-state index contributed by atoms with van der Waals surface area (Å²) in [6.07, 6.45) is 1.41. The topological polar surface area (TPSA) is 89.7 Å². The first-order chi connectivity index (χ1) is 8.04. The van der Waals surface area contributed by atoms with E-state index >= 15 is 0 Å². The Morgan fingerprint density at radius 1 is 1.47 bits per heavy atom. The lowest BCUT2D eigenvalue weighted by atomic mass is 10.1. The van der Waals surface area contributed by atoms with Crippen molar-refractivity contribution in [1.29, 1.82) is 0 Å². The Morgan fingerprint density at radius 3 is 2.47 bits per heavy atom. The number of carbonyl (C=O) groups is 1. The van der Waals surface area contributed by atoms with Gasteiger partial charge in [0.1, 0.15) is 0 Å². The maximum Gasteiger partial charge on any atom is 0.333 e. The lowest BCUT2D eigenvalue weighted by Crippen LogP contribution is -2.06. The molecular weight excluding hydrogens is 226 g/mol. The van der Waals surface area contributed by atoms with Crippen LogP contribution in [-0.4, -0.2) is 29.7 Å². The Labute approximate surface area is 97.3 Å². The lowest BCUT2D eigenvalue weighted by Gasteiger charge is -2.00. The van der Waals surface area contributed by atoms with Crippen molar-refractivity contribution >= 4 is 17.7 Å². The second-order valence-corrected chi connectivity index (χ2v) is 3.26. The molecular formula is C11H11NO5. The number of benzene rings is 1. The predicted octanol–water partition coefficient (Wildman–Crippen LogP) is 1.71. The molecule has 17 heavy (non-hydrogen) atoms. The van der Waals surface area contributed by atoms with Gasteiger partial charge in [-0.3, -0.25) is 10.1 Å². The fourth-order valence-corrected chi connectivity index (χ4v) is 1.21. The first-order valence-electron chi connectivity index (χ1n) is 4.72. The summed E-state index contributed by atoms with van der Waals surface area (Å²) in [5, 5.41) is 19.3. The minimum Gasteiger partial charge on any atom is -0.478 e. The van der Waals surface area contributed by atoms with E-state index in [-0.39, 0.29) is 17.9 Å². The number of rotatable bonds is 5. The van der Waals surface area contributed by atoms with Crippen molar-refractivity contribution in [2.75, 3.05) is 13.7 Å². The van der Waals surface area contributed by atoms with E-state index in [1.165, 1.54) is 37.5 Å². The minimum atomic E-state index is -1.08. The van der Waals surface area contributed by atoms with Crippen LogP contribution >= 0.6 is 0 Å². The molecule has 1 N–H and O–H groups in total. The second-order valence-electron chi connectivity index (χ2n) is 3.26. The highest BCUT2D eigenvalue weighted by molar-refractivity contribution is 5.92. The molecule has 0 saturated heterocycles. The van der Waals surface area contributed by atoms with E-state index in [4.69, 9.17) is 9.84 Å². The van der Waals surface area contributed by atoms with E-state index in [1.807, 2.05) is 0 Å². The van der Waals surface area contributed by atoms with Crippen molar-refractivity contribution in [3.8, 4) is 0 Å². The molecule has 0 atom stereocenters. The predicted molar refractivity (Wildman–Crippen MR) is 60.6 cm³/mol. The maximum absolute atomic E-state index is 10.8. The van der Waals surface area contributed by atoms with Gasteiger partial charge in [-0.25, -0.2) is 4.79 Å². The third kappa shape index (κ3) is 3.69. The van der Waals surface area contributed by atoms with Crippen LogP contribution in [0.15, 0.2) is 29.8 Å². The molecule has 0 heterocycles. The zero-order valence-electron chi connectivity index (χ0n) is 9.12. The normalized spacial score (nSPS) is 11.2. The van der Waals surface area contributed by atoms with Gasteiger partial charge in [0.2, 0.25) is 0 Å². The van der Waals surface area contributed by atoms with E-state index in [0.717, 1.165) is 0 Å². The SMILES string of the molecule is COC/C(=C\c1ccc([N+](=O)[O-])cc1)C(=O)O. The number of nitro groups is 1. The molecule has 1 aromatic carbocycles. The quantitative estimate of drug-likeness (QED) is 0.478. The fraction of sp³-hybridized carbons (Fsp3) is 0.182. The third-order valence-corrected chi connectivity index (χ3v) is 2.02. The Bertz CT molecular complexity index is 449. The molecule has 0 spiro atoms. The monoisotopic (exact) mass is 237 g/mol. The number of carboxylic acids is 1. The average molecular weight is 237 g/mol. The van der Waals surface area contributed by atoms with Crippen molar-refractivity contribution in [2.45, 2.75) is 0 Å². The van der Waals surface area contributed by atoms with Gasteiger partial charge in [0.25, 0.3) is 5.69 Å². The second kappa shape index (κ2) is 5.76. The molecule has 6 heteroatoms. The van der Waals surface area contributed by atoms with Crippen molar-refractivity contribution in [3.63, 3.8) is 0 Å². The van der Waals surface area contributed by atoms with Gasteiger partial charge in [0.15, 0.2) is 0 Å². The van der Waals surface area contributed by atoms with Gasteiger partial charge < -0.3 is 9.84 Å². The van der Waals surface area contributed by atoms with E-state index in [1.54, 1.807) is 0 Å². The Kier molecular flexibility index (Phi) is 4.36. The summed E-state index contributed by atoms with van der Waals surface area (Å²) in [6.45, 7) is -0.0215. The first kappa shape index (κ1) is 12.9. The zero-order chi connectivity index (χ0) is 12.8. The maximum atomic E-state index is 10.8. The van der Waals surface area contributed by atoms with E-state index in [0.29, 0.717) is 5.56 Å². The summed E-state index contributed by atoms with van der Waals surface area (Å²) in [5.41, 5.74) is 0.622. The molecule has 0 amide bonds. The summed E-state index contributed by atoms with van der Waals surface area (Å²) in [4.78, 5) is 20.7. The van der Waals surface area contributed by atoms with Gasteiger partial charge in [-0.2, -0.15) is 0 Å². The van der Waals surface area contributed by atoms with E-state index in [2.05, 4.69) is 0 Å². The highest BCUT2D eigenvalue weighted by Crippen LogP contribution is 2.14. The Morgan fingerprint density at radius 2 is 2.06 bits per heavy atom. The minimum absolute atomic E-state index is 0.0215. The molecule has 0 aromatic heterocycles. The van der Waals surface area contributed by atoms with Crippen molar-refractivity contribution in [3.05, 3.63) is 45.5 Å². The van der Waals surface area contributed by atoms with Gasteiger partial charge in [0.05, 0.1) is 17.1 Å². The van der Waals surface area contributed by atoms with Crippen molar-refractivity contribution in [1.82, 2.24) is 0 Å². The Balaban J connectivity index is 2.96. The summed E-state index contributed by atoms with van der Waals surface area (Å²) in [7, 11) is 1.40. The number of ether oxygens (including phenoxy) is 1. The molecule has 0 bridgehead atoms. The first-order valence-corrected chi connectivity index (χ1v) is 4.72. The molecule has 0 aliphatic carbocycles. The van der Waals surface area contributed by atoms with Gasteiger partial charge in [-0.1, -0.05) is 0 Å².